The third kappa shape index (κ3) is 19.2. The molecule has 0 saturated heterocycles. The highest BCUT2D eigenvalue weighted by Crippen LogP contribution is 2.33. The molecule has 4 unspecified atom stereocenters. The first-order chi connectivity index (χ1) is 16.7. The number of hydrogen-bond donors (Lipinski definition) is 0. The topological polar surface area (TPSA) is 86.7 Å². The molecule has 0 fully saturated rings. The summed E-state index contributed by atoms with van der Waals surface area (Å²) in [5.74, 6) is -1.29. The van der Waals surface area contributed by atoms with Gasteiger partial charge in [-0.2, -0.15) is 0 Å². The van der Waals surface area contributed by atoms with E-state index in [1.807, 2.05) is 0 Å². The Bertz CT molecular complexity index is 669. The minimum Gasteiger partial charge on any atom is -0.462 e. The fraction of sp³-hybridized carbons (Fsp3) is 0.846. The van der Waals surface area contributed by atoms with Crippen LogP contribution >= 0.6 is 15.6 Å². The molecule has 0 aromatic rings. The van der Waals surface area contributed by atoms with Crippen LogP contribution in [0.3, 0.4) is 0 Å². The quantitative estimate of drug-likeness (QED) is 0.0970. The minimum atomic E-state index is -1.89. The van der Waals surface area contributed by atoms with E-state index in [4.69, 9.17) is 9.47 Å². The Kier molecular flexibility index (Phi) is 17.9. The molecule has 0 radical (unpaired) electrons. The molecule has 36 heavy (non-hydrogen) atoms. The zero-order chi connectivity index (χ0) is 27.8. The molecule has 0 heterocycles. The van der Waals surface area contributed by atoms with Gasteiger partial charge in [-0.05, 0) is 12.8 Å². The van der Waals surface area contributed by atoms with Gasteiger partial charge in [0, 0.05) is 35.8 Å². The summed E-state index contributed by atoms with van der Waals surface area (Å²) in [6, 6.07) is 0. The van der Waals surface area contributed by atoms with Crippen LogP contribution in [-0.2, 0) is 28.2 Å². The van der Waals surface area contributed by atoms with Crippen LogP contribution in [0.25, 0.3) is 0 Å². The van der Waals surface area contributed by atoms with Crippen LogP contribution in [0.5, 0.6) is 0 Å². The van der Waals surface area contributed by atoms with Crippen molar-refractivity contribution in [3.63, 3.8) is 0 Å². The van der Waals surface area contributed by atoms with E-state index in [-0.39, 0.29) is 24.5 Å². The molecule has 212 valence electrons. The molecule has 4 atom stereocenters. The molecule has 0 aliphatic heterocycles. The molecule has 0 aromatic carbocycles. The van der Waals surface area contributed by atoms with Crippen LogP contribution in [0, 0.1) is 0 Å². The lowest BCUT2D eigenvalue weighted by atomic mass is 10.2. The van der Waals surface area contributed by atoms with Gasteiger partial charge in [0.1, 0.15) is 13.2 Å². The molecule has 8 nitrogen and oxygen atoms in total. The van der Waals surface area contributed by atoms with Crippen LogP contribution in [0.1, 0.15) is 52.4 Å². The van der Waals surface area contributed by atoms with Gasteiger partial charge in [-0.25, -0.2) is 9.59 Å². The Balaban J connectivity index is 4.76. The third-order valence-electron chi connectivity index (χ3n) is 5.99. The first-order valence-electron chi connectivity index (χ1n) is 13.4. The van der Waals surface area contributed by atoms with Crippen molar-refractivity contribution >= 4 is 27.5 Å². The third-order valence-corrected chi connectivity index (χ3v) is 10.2. The fourth-order valence-corrected chi connectivity index (χ4v) is 7.66. The molecule has 0 aromatic heterocycles. The van der Waals surface area contributed by atoms with E-state index in [1.165, 1.54) is 0 Å². The Morgan fingerprint density at radius 3 is 1.31 bits per heavy atom. The summed E-state index contributed by atoms with van der Waals surface area (Å²) in [5.41, 5.74) is -0.288. The zero-order valence-electron chi connectivity index (χ0n) is 24.1. The normalized spacial score (nSPS) is 15.9. The summed E-state index contributed by atoms with van der Waals surface area (Å²) in [6.07, 6.45) is 8.73. The number of carbonyl (C=O) groups is 2. The Labute approximate surface area is 221 Å². The summed E-state index contributed by atoms with van der Waals surface area (Å²) in [5, 5.41) is 0. The number of ether oxygens (including phenoxy) is 2. The Morgan fingerprint density at radius 1 is 0.694 bits per heavy atom. The van der Waals surface area contributed by atoms with Gasteiger partial charge in [-0.1, -0.05) is 39.5 Å². The predicted octanol–water partition coefficient (Wildman–Crippen LogP) is 4.28. The lowest BCUT2D eigenvalue weighted by Gasteiger charge is -2.25. The largest absolute Gasteiger partial charge is 0.462 e. The maximum atomic E-state index is 12.8. The second kappa shape index (κ2) is 18.3. The van der Waals surface area contributed by atoms with Crippen molar-refractivity contribution in [3.8, 4) is 0 Å². The maximum absolute atomic E-state index is 12.8. The van der Waals surface area contributed by atoms with Gasteiger partial charge in [-0.3, -0.25) is 0 Å². The molecule has 0 bridgehead atoms. The smallest absolute Gasteiger partial charge is 0.331 e. The molecule has 0 amide bonds. The highest BCUT2D eigenvalue weighted by molar-refractivity contribution is 7.45. The molecular weight excluding hydrogens is 498 g/mol. The lowest BCUT2D eigenvalue weighted by molar-refractivity contribution is -0.867. The average Bonchev–Trinajstić information content (AvgIpc) is 2.78. The number of nitrogens with zero attached hydrogens (tertiary/aromatic N) is 2. The summed E-state index contributed by atoms with van der Waals surface area (Å²) in [6.45, 7) is 5.96. The maximum Gasteiger partial charge on any atom is 0.331 e. The van der Waals surface area contributed by atoms with Gasteiger partial charge in [0.15, 0.2) is 0 Å². The summed E-state index contributed by atoms with van der Waals surface area (Å²) in [7, 11) is 8.61. The van der Waals surface area contributed by atoms with Crippen molar-refractivity contribution in [2.45, 2.75) is 63.7 Å². The van der Waals surface area contributed by atoms with E-state index in [0.717, 1.165) is 72.7 Å². The number of esters is 2. The summed E-state index contributed by atoms with van der Waals surface area (Å²) < 4.78 is 37.8. The van der Waals surface area contributed by atoms with E-state index in [2.05, 4.69) is 56.1 Å². The molecule has 0 rings (SSSR count). The van der Waals surface area contributed by atoms with E-state index in [9.17, 15) is 18.7 Å². The highest BCUT2D eigenvalue weighted by Gasteiger charge is 2.22. The molecule has 0 N–H and O–H groups in total. The average molecular weight is 553 g/mol. The van der Waals surface area contributed by atoms with Gasteiger partial charge in [0.2, 0.25) is 0 Å². The zero-order valence-corrected chi connectivity index (χ0v) is 26.1. The van der Waals surface area contributed by atoms with Gasteiger partial charge in [-0.15, -0.1) is 0 Å². The lowest BCUT2D eigenvalue weighted by Crippen LogP contribution is -2.37. The number of unbranched alkanes of at least 4 members (excludes halogenated alkanes) is 2. The van der Waals surface area contributed by atoms with Crippen LogP contribution in [0.2, 0.25) is 0 Å². The van der Waals surface area contributed by atoms with Gasteiger partial charge < -0.3 is 27.6 Å². The molecule has 10 heteroatoms. The number of quaternary nitrogens is 2. The first kappa shape index (κ1) is 35.1. The van der Waals surface area contributed by atoms with E-state index in [0.29, 0.717) is 12.3 Å². The molecule has 0 aliphatic carbocycles. The molecule has 0 aliphatic rings. The Morgan fingerprint density at radius 2 is 1.03 bits per heavy atom. The van der Waals surface area contributed by atoms with Crippen LogP contribution in [0.4, 0.5) is 0 Å². The molecular formula is C26H54N2O6P2+2. The van der Waals surface area contributed by atoms with Gasteiger partial charge in [0.25, 0.3) is 0 Å². The van der Waals surface area contributed by atoms with E-state index < -0.39 is 27.5 Å². The standard InChI is InChI=1S/C26H54N2O6P2/c1-9-11-13-23(35(31)19-17-27(3,4)5)21-33-25(29)15-16-26(30)34-22-24(14-12-10-2)36(32)20-18-28(6,7)8/h15-16,23-24,35-36H,9-14,17-22H2,1-8H3/q+2/b16-15+. The number of carbonyl (C=O) groups excluding carboxylic acids is 2. The second-order valence-corrected chi connectivity index (χ2v) is 16.2. The van der Waals surface area contributed by atoms with Crippen molar-refractivity contribution in [3.05, 3.63) is 12.2 Å². The van der Waals surface area contributed by atoms with E-state index >= 15 is 0 Å². The van der Waals surface area contributed by atoms with Crippen LogP contribution < -0.4 is 0 Å². The SMILES string of the molecule is CCCCC(COC(=O)/C=C/C(=O)OCC(CCCC)[PH](=O)CC[N+](C)(C)C)[PH](=O)CC[N+](C)(C)C. The monoisotopic (exact) mass is 552 g/mol. The highest BCUT2D eigenvalue weighted by atomic mass is 31.1. The van der Waals surface area contributed by atoms with Gasteiger partial charge in [0.05, 0.1) is 71.0 Å². The minimum absolute atomic E-state index is 0.0977. The van der Waals surface area contributed by atoms with Crippen molar-refractivity contribution in [2.24, 2.45) is 0 Å². The van der Waals surface area contributed by atoms with Gasteiger partial charge >= 0.3 is 11.9 Å². The van der Waals surface area contributed by atoms with Crippen molar-refractivity contribution in [1.29, 1.82) is 0 Å². The first-order valence-corrected chi connectivity index (χ1v) is 16.7. The Hall–Kier alpha value is -0.940. The number of rotatable bonds is 20. The van der Waals surface area contributed by atoms with Crippen molar-refractivity contribution in [1.82, 2.24) is 0 Å². The summed E-state index contributed by atoms with van der Waals surface area (Å²) >= 11 is 0. The van der Waals surface area contributed by atoms with Crippen LogP contribution in [-0.4, -0.2) is 113 Å². The molecule has 0 spiro atoms. The van der Waals surface area contributed by atoms with Crippen LogP contribution in [0.15, 0.2) is 12.2 Å². The fourth-order valence-electron chi connectivity index (χ4n) is 3.47. The second-order valence-electron chi connectivity index (χ2n) is 11.7. The summed E-state index contributed by atoms with van der Waals surface area (Å²) in [4.78, 5) is 24.4. The molecule has 0 saturated carbocycles. The van der Waals surface area contributed by atoms with E-state index in [1.54, 1.807) is 0 Å². The number of hydrogen-bond acceptors (Lipinski definition) is 6. The van der Waals surface area contributed by atoms with Crippen molar-refractivity contribution < 1.29 is 37.2 Å². The predicted molar refractivity (Wildman–Crippen MR) is 151 cm³/mol. The van der Waals surface area contributed by atoms with Crippen molar-refractivity contribution in [2.75, 3.05) is 80.9 Å².